The summed E-state index contributed by atoms with van der Waals surface area (Å²) >= 11 is 5.89. The number of carbonyl (C=O) groups is 1. The van der Waals surface area contributed by atoms with Crippen molar-refractivity contribution in [2.75, 3.05) is 7.11 Å². The molecule has 0 bridgehead atoms. The lowest BCUT2D eigenvalue weighted by Crippen LogP contribution is -2.43. The molecule has 0 aromatic heterocycles. The molecule has 1 aliphatic heterocycles. The van der Waals surface area contributed by atoms with Crippen molar-refractivity contribution in [2.24, 2.45) is 0 Å². The molecule has 21 heavy (non-hydrogen) atoms. The number of amides is 1. The molecule has 1 unspecified atom stereocenters. The van der Waals surface area contributed by atoms with Crippen LogP contribution in [0.3, 0.4) is 0 Å². The van der Waals surface area contributed by atoms with Crippen LogP contribution < -0.4 is 0 Å². The molecule has 0 fully saturated rings. The second-order valence-electron chi connectivity index (χ2n) is 5.01. The van der Waals surface area contributed by atoms with Gasteiger partial charge in [0.05, 0.1) is 12.7 Å². The molecule has 5 heteroatoms. The van der Waals surface area contributed by atoms with Crippen molar-refractivity contribution < 1.29 is 14.7 Å². The highest BCUT2D eigenvalue weighted by Gasteiger charge is 2.51. The molecule has 0 spiro atoms. The lowest BCUT2D eigenvalue weighted by atomic mass is 9.93. The summed E-state index contributed by atoms with van der Waals surface area (Å²) in [7, 11) is 1.36. The highest BCUT2D eigenvalue weighted by atomic mass is 35.5. The topological polar surface area (TPSA) is 49.8 Å². The van der Waals surface area contributed by atoms with Crippen molar-refractivity contribution >= 4 is 17.5 Å². The number of aryl methyl sites for hydroxylation is 1. The van der Waals surface area contributed by atoms with Crippen LogP contribution in [0.5, 0.6) is 0 Å². The summed E-state index contributed by atoms with van der Waals surface area (Å²) in [4.78, 5) is 17.6. The van der Waals surface area contributed by atoms with Gasteiger partial charge in [-0.25, -0.2) is 0 Å². The van der Waals surface area contributed by atoms with Gasteiger partial charge < -0.3 is 5.11 Å². The Hall–Kier alpha value is -1.88. The Morgan fingerprint density at radius 1 is 1.19 bits per heavy atom. The number of nitrogens with zero attached hydrogens (tertiary/aromatic N) is 1. The normalized spacial score (nSPS) is 20.8. The molecule has 0 saturated heterocycles. The van der Waals surface area contributed by atoms with E-state index in [2.05, 4.69) is 0 Å². The average Bonchev–Trinajstić information content (AvgIpc) is 2.68. The molecule has 2 aromatic rings. The monoisotopic (exact) mass is 303 g/mol. The van der Waals surface area contributed by atoms with E-state index >= 15 is 0 Å². The van der Waals surface area contributed by atoms with Gasteiger partial charge in [-0.15, -0.1) is 0 Å². The van der Waals surface area contributed by atoms with Gasteiger partial charge in [0.2, 0.25) is 5.72 Å². The maximum atomic E-state index is 12.5. The van der Waals surface area contributed by atoms with Gasteiger partial charge >= 0.3 is 0 Å². The fraction of sp³-hybridized carbons (Fsp3) is 0.188. The predicted molar refractivity (Wildman–Crippen MR) is 78.8 cm³/mol. The first-order valence-corrected chi connectivity index (χ1v) is 6.84. The molecule has 1 N–H and O–H groups in total. The van der Waals surface area contributed by atoms with Crippen LogP contribution in [0.15, 0.2) is 42.5 Å². The summed E-state index contributed by atoms with van der Waals surface area (Å²) in [6.07, 6.45) is 0. The van der Waals surface area contributed by atoms with Crippen LogP contribution in [0.25, 0.3) is 0 Å². The zero-order chi connectivity index (χ0) is 15.2. The number of carbonyl (C=O) groups excluding carboxylic acids is 1. The molecule has 4 nitrogen and oxygen atoms in total. The van der Waals surface area contributed by atoms with E-state index in [-0.39, 0.29) is 5.91 Å². The molecule has 1 aliphatic rings. The molecule has 0 saturated carbocycles. The highest BCUT2D eigenvalue weighted by Crippen LogP contribution is 2.42. The van der Waals surface area contributed by atoms with E-state index in [1.54, 1.807) is 36.4 Å². The predicted octanol–water partition coefficient (Wildman–Crippen LogP) is 2.86. The second kappa shape index (κ2) is 4.84. The van der Waals surface area contributed by atoms with Crippen molar-refractivity contribution in [1.82, 2.24) is 5.06 Å². The number of hydrogen-bond donors (Lipinski definition) is 1. The number of aliphatic hydroxyl groups is 1. The van der Waals surface area contributed by atoms with Crippen LogP contribution in [0.2, 0.25) is 5.02 Å². The SMILES string of the molecule is CON1C(=O)c2cc(C)ccc2C1(O)c1ccc(Cl)cc1. The third-order valence-electron chi connectivity index (χ3n) is 3.69. The van der Waals surface area contributed by atoms with Crippen LogP contribution in [0.1, 0.15) is 27.0 Å². The van der Waals surface area contributed by atoms with Crippen molar-refractivity contribution in [2.45, 2.75) is 12.6 Å². The molecule has 1 amide bonds. The van der Waals surface area contributed by atoms with Crippen LogP contribution in [0, 0.1) is 6.92 Å². The lowest BCUT2D eigenvalue weighted by Gasteiger charge is -2.32. The summed E-state index contributed by atoms with van der Waals surface area (Å²) in [5.41, 5.74) is 0.749. The maximum absolute atomic E-state index is 12.5. The Balaban J connectivity index is 2.25. The van der Waals surface area contributed by atoms with Gasteiger partial charge in [-0.05, 0) is 25.1 Å². The fourth-order valence-electron chi connectivity index (χ4n) is 2.67. The Morgan fingerprint density at radius 2 is 1.86 bits per heavy atom. The first-order valence-electron chi connectivity index (χ1n) is 6.46. The number of hydrogen-bond acceptors (Lipinski definition) is 3. The minimum atomic E-state index is -1.65. The molecular formula is C16H14ClNO3. The number of halogens is 1. The van der Waals surface area contributed by atoms with Gasteiger partial charge in [0, 0.05) is 16.1 Å². The summed E-state index contributed by atoms with van der Waals surface area (Å²) in [5, 5.41) is 12.7. The van der Waals surface area contributed by atoms with E-state index in [0.717, 1.165) is 10.6 Å². The first-order chi connectivity index (χ1) is 9.98. The van der Waals surface area contributed by atoms with E-state index in [1.165, 1.54) is 7.11 Å². The summed E-state index contributed by atoms with van der Waals surface area (Å²) in [6.45, 7) is 1.89. The minimum absolute atomic E-state index is 0.367. The quantitative estimate of drug-likeness (QED) is 0.928. The molecule has 0 aliphatic carbocycles. The van der Waals surface area contributed by atoms with Gasteiger partial charge in [-0.2, -0.15) is 5.06 Å². The van der Waals surface area contributed by atoms with E-state index in [0.29, 0.717) is 21.7 Å². The second-order valence-corrected chi connectivity index (χ2v) is 5.45. The highest BCUT2D eigenvalue weighted by molar-refractivity contribution is 6.30. The molecule has 3 rings (SSSR count). The van der Waals surface area contributed by atoms with Crippen molar-refractivity contribution in [3.8, 4) is 0 Å². The van der Waals surface area contributed by atoms with Crippen LogP contribution in [0.4, 0.5) is 0 Å². The van der Waals surface area contributed by atoms with Gasteiger partial charge in [-0.1, -0.05) is 41.4 Å². The number of benzene rings is 2. The van der Waals surface area contributed by atoms with Crippen molar-refractivity contribution in [3.63, 3.8) is 0 Å². The number of fused-ring (bicyclic) bond motifs is 1. The van der Waals surface area contributed by atoms with Gasteiger partial charge in [0.25, 0.3) is 5.91 Å². The first kappa shape index (κ1) is 14.1. The van der Waals surface area contributed by atoms with Gasteiger partial charge in [0.15, 0.2) is 0 Å². The van der Waals surface area contributed by atoms with E-state index < -0.39 is 5.72 Å². The van der Waals surface area contributed by atoms with Crippen molar-refractivity contribution in [3.05, 3.63) is 69.7 Å². The van der Waals surface area contributed by atoms with Crippen molar-refractivity contribution in [1.29, 1.82) is 0 Å². The van der Waals surface area contributed by atoms with Gasteiger partial charge in [-0.3, -0.25) is 9.63 Å². The van der Waals surface area contributed by atoms with Gasteiger partial charge in [0.1, 0.15) is 0 Å². The zero-order valence-corrected chi connectivity index (χ0v) is 12.4. The van der Waals surface area contributed by atoms with E-state index in [1.807, 2.05) is 13.0 Å². The Kier molecular flexibility index (Phi) is 3.24. The van der Waals surface area contributed by atoms with Crippen LogP contribution in [-0.4, -0.2) is 23.2 Å². The van der Waals surface area contributed by atoms with E-state index in [4.69, 9.17) is 16.4 Å². The summed E-state index contributed by atoms with van der Waals surface area (Å²) in [6, 6.07) is 12.0. The Morgan fingerprint density at radius 3 is 2.48 bits per heavy atom. The Labute approximate surface area is 127 Å². The van der Waals surface area contributed by atoms with E-state index in [9.17, 15) is 9.90 Å². The number of rotatable bonds is 2. The summed E-state index contributed by atoms with van der Waals surface area (Å²) in [5.74, 6) is -0.367. The Bertz CT molecular complexity index is 714. The molecule has 1 heterocycles. The average molecular weight is 304 g/mol. The van der Waals surface area contributed by atoms with Crippen LogP contribution >= 0.6 is 11.6 Å². The molecule has 108 valence electrons. The molecule has 2 aromatic carbocycles. The zero-order valence-electron chi connectivity index (χ0n) is 11.6. The number of hydroxylamine groups is 2. The minimum Gasteiger partial charge on any atom is -0.361 e. The molecule has 0 radical (unpaired) electrons. The summed E-state index contributed by atoms with van der Waals surface area (Å²) < 4.78 is 0. The third kappa shape index (κ3) is 1.95. The maximum Gasteiger partial charge on any atom is 0.281 e. The fourth-order valence-corrected chi connectivity index (χ4v) is 2.80. The smallest absolute Gasteiger partial charge is 0.281 e. The lowest BCUT2D eigenvalue weighted by molar-refractivity contribution is -0.223. The standard InChI is InChI=1S/C16H14ClNO3/c1-10-3-8-14-13(9-10)15(19)18(21-2)16(14,20)11-4-6-12(17)7-5-11/h3-9,20H,1-2H3. The largest absolute Gasteiger partial charge is 0.361 e. The molecular weight excluding hydrogens is 290 g/mol. The molecule has 1 atom stereocenters. The van der Waals surface area contributed by atoms with Crippen LogP contribution in [-0.2, 0) is 10.6 Å². The third-order valence-corrected chi connectivity index (χ3v) is 3.94.